The van der Waals surface area contributed by atoms with Gasteiger partial charge in [-0.3, -0.25) is 0 Å². The highest BCUT2D eigenvalue weighted by atomic mass is 28.1. The van der Waals surface area contributed by atoms with Gasteiger partial charge in [0.15, 0.2) is 0 Å². The minimum Gasteiger partial charge on any atom is -0.444 e. The molecule has 16 heavy (non-hydrogen) atoms. The SMILES string of the molecule is CC(C)(C)OC(=O)N1CCC(OC[SiH3])CC1. The summed E-state index contributed by atoms with van der Waals surface area (Å²) in [6.45, 7) is 7.18. The average Bonchev–Trinajstić information content (AvgIpc) is 2.16. The lowest BCUT2D eigenvalue weighted by atomic mass is 10.1. The molecular weight excluding hydrogens is 222 g/mol. The maximum atomic E-state index is 11.7. The van der Waals surface area contributed by atoms with Crippen LogP contribution in [0.5, 0.6) is 0 Å². The second-order valence-electron chi connectivity index (χ2n) is 5.12. The largest absolute Gasteiger partial charge is 0.444 e. The van der Waals surface area contributed by atoms with E-state index in [9.17, 15) is 4.79 Å². The molecule has 0 atom stereocenters. The van der Waals surface area contributed by atoms with E-state index in [0.29, 0.717) is 6.10 Å². The topological polar surface area (TPSA) is 38.8 Å². The van der Waals surface area contributed by atoms with Crippen LogP contribution in [0.25, 0.3) is 0 Å². The molecule has 0 aliphatic carbocycles. The molecule has 1 fully saturated rings. The van der Waals surface area contributed by atoms with Gasteiger partial charge in [0.25, 0.3) is 0 Å². The van der Waals surface area contributed by atoms with Crippen LogP contribution in [0, 0.1) is 0 Å². The highest BCUT2D eigenvalue weighted by molar-refractivity contribution is 6.08. The minimum absolute atomic E-state index is 0.197. The van der Waals surface area contributed by atoms with Gasteiger partial charge in [0, 0.05) is 29.6 Å². The van der Waals surface area contributed by atoms with E-state index in [2.05, 4.69) is 0 Å². The number of hydrogen-bond acceptors (Lipinski definition) is 3. The Hall–Kier alpha value is -0.553. The van der Waals surface area contributed by atoms with Crippen LogP contribution < -0.4 is 0 Å². The number of ether oxygens (including phenoxy) is 2. The van der Waals surface area contributed by atoms with Crippen molar-refractivity contribution in [3.63, 3.8) is 0 Å². The Morgan fingerprint density at radius 1 is 1.38 bits per heavy atom. The average molecular weight is 245 g/mol. The van der Waals surface area contributed by atoms with Crippen LogP contribution in [0.3, 0.4) is 0 Å². The molecule has 0 aromatic carbocycles. The second-order valence-corrected chi connectivity index (χ2v) is 5.70. The summed E-state index contributed by atoms with van der Waals surface area (Å²) in [5.41, 5.74) is -0.403. The maximum Gasteiger partial charge on any atom is 0.410 e. The molecule has 1 amide bonds. The van der Waals surface area contributed by atoms with Crippen LogP contribution in [0.4, 0.5) is 4.79 Å². The van der Waals surface area contributed by atoms with Crippen molar-refractivity contribution in [2.45, 2.75) is 45.3 Å². The monoisotopic (exact) mass is 245 g/mol. The van der Waals surface area contributed by atoms with Gasteiger partial charge < -0.3 is 14.4 Å². The molecule has 0 N–H and O–H groups in total. The molecule has 0 aromatic rings. The standard InChI is InChI=1S/C11H23NO3Si/c1-11(2,3)15-10(13)12-6-4-9(5-7-12)14-8-16/h9H,4-8H2,1-3,16H3. The Balaban J connectivity index is 2.33. The van der Waals surface area contributed by atoms with Gasteiger partial charge in [0.2, 0.25) is 0 Å². The third-order valence-corrected chi connectivity index (χ3v) is 2.83. The molecule has 0 unspecified atom stereocenters. The van der Waals surface area contributed by atoms with Crippen molar-refractivity contribution in [3.05, 3.63) is 0 Å². The Morgan fingerprint density at radius 3 is 2.38 bits per heavy atom. The summed E-state index contributed by atoms with van der Waals surface area (Å²) >= 11 is 0. The highest BCUT2D eigenvalue weighted by Gasteiger charge is 2.26. The summed E-state index contributed by atoms with van der Waals surface area (Å²) in [4.78, 5) is 13.5. The lowest BCUT2D eigenvalue weighted by Gasteiger charge is -2.33. The van der Waals surface area contributed by atoms with E-state index >= 15 is 0 Å². The number of amides is 1. The number of carbonyl (C=O) groups is 1. The lowest BCUT2D eigenvalue weighted by Crippen LogP contribution is -2.43. The van der Waals surface area contributed by atoms with Gasteiger partial charge in [0.05, 0.1) is 6.10 Å². The quantitative estimate of drug-likeness (QED) is 0.673. The molecule has 1 aliphatic rings. The zero-order chi connectivity index (χ0) is 12.2. The predicted octanol–water partition coefficient (Wildman–Crippen LogP) is 0.725. The van der Waals surface area contributed by atoms with Gasteiger partial charge in [-0.05, 0) is 33.6 Å². The van der Waals surface area contributed by atoms with E-state index in [1.807, 2.05) is 20.8 Å². The molecular formula is C11H23NO3Si. The molecule has 1 aliphatic heterocycles. The van der Waals surface area contributed by atoms with Crippen LogP contribution in [0.1, 0.15) is 33.6 Å². The Labute approximate surface area is 101 Å². The fourth-order valence-corrected chi connectivity index (χ4v) is 2.24. The van der Waals surface area contributed by atoms with Gasteiger partial charge >= 0.3 is 6.09 Å². The van der Waals surface area contributed by atoms with Gasteiger partial charge in [-0.15, -0.1) is 0 Å². The normalized spacial score (nSPS) is 18.8. The van der Waals surface area contributed by atoms with Crippen molar-refractivity contribution in [2.75, 3.05) is 19.3 Å². The third kappa shape index (κ3) is 4.53. The van der Waals surface area contributed by atoms with Crippen LogP contribution in [0.15, 0.2) is 0 Å². The minimum atomic E-state index is -0.403. The second kappa shape index (κ2) is 5.68. The van der Waals surface area contributed by atoms with Crippen LogP contribution in [-0.4, -0.2) is 52.3 Å². The molecule has 5 heteroatoms. The van der Waals surface area contributed by atoms with Crippen molar-refractivity contribution < 1.29 is 14.3 Å². The van der Waals surface area contributed by atoms with E-state index in [0.717, 1.165) is 42.4 Å². The molecule has 0 radical (unpaired) electrons. The smallest absolute Gasteiger partial charge is 0.410 e. The number of carbonyl (C=O) groups excluding carboxylic acids is 1. The van der Waals surface area contributed by atoms with E-state index < -0.39 is 5.60 Å². The third-order valence-electron chi connectivity index (χ3n) is 2.50. The van der Waals surface area contributed by atoms with Crippen molar-refractivity contribution in [1.82, 2.24) is 4.90 Å². The summed E-state index contributed by atoms with van der Waals surface area (Å²) in [5, 5.41) is 0. The summed E-state index contributed by atoms with van der Waals surface area (Å²) in [6.07, 6.45) is 2.90. The molecule has 4 nitrogen and oxygen atoms in total. The van der Waals surface area contributed by atoms with Gasteiger partial charge in [0.1, 0.15) is 5.60 Å². The Morgan fingerprint density at radius 2 is 1.94 bits per heavy atom. The summed E-state index contributed by atoms with van der Waals surface area (Å²) in [6, 6.07) is 0. The van der Waals surface area contributed by atoms with Gasteiger partial charge in [-0.2, -0.15) is 0 Å². The first-order chi connectivity index (χ1) is 7.42. The zero-order valence-corrected chi connectivity index (χ0v) is 12.8. The number of hydrogen-bond donors (Lipinski definition) is 0. The van der Waals surface area contributed by atoms with Crippen LogP contribution in [0.2, 0.25) is 0 Å². The number of piperidine rings is 1. The van der Waals surface area contributed by atoms with E-state index in [4.69, 9.17) is 9.47 Å². The van der Waals surface area contributed by atoms with Crippen LogP contribution in [-0.2, 0) is 9.47 Å². The molecule has 0 aromatic heterocycles. The van der Waals surface area contributed by atoms with Gasteiger partial charge in [-0.1, -0.05) is 0 Å². The van der Waals surface area contributed by atoms with Crippen molar-refractivity contribution in [1.29, 1.82) is 0 Å². The summed E-state index contributed by atoms with van der Waals surface area (Å²) in [7, 11) is 1.08. The molecule has 0 spiro atoms. The Kier molecular flexibility index (Phi) is 4.80. The predicted molar refractivity (Wildman–Crippen MR) is 66.7 cm³/mol. The van der Waals surface area contributed by atoms with Crippen molar-refractivity contribution >= 4 is 16.3 Å². The Bertz CT molecular complexity index is 232. The molecule has 0 bridgehead atoms. The van der Waals surface area contributed by atoms with E-state index in [1.165, 1.54) is 0 Å². The number of rotatable bonds is 2. The molecule has 1 heterocycles. The maximum absolute atomic E-state index is 11.7. The first-order valence-electron chi connectivity index (χ1n) is 6.02. The zero-order valence-electron chi connectivity index (χ0n) is 10.8. The fourth-order valence-electron chi connectivity index (χ4n) is 1.77. The van der Waals surface area contributed by atoms with E-state index in [-0.39, 0.29) is 6.09 Å². The van der Waals surface area contributed by atoms with Gasteiger partial charge in [-0.25, -0.2) is 4.79 Å². The molecule has 0 saturated carbocycles. The summed E-state index contributed by atoms with van der Waals surface area (Å²) < 4.78 is 10.9. The molecule has 1 rings (SSSR count). The lowest BCUT2D eigenvalue weighted by molar-refractivity contribution is -0.00153. The number of likely N-dealkylation sites (tertiary alicyclic amines) is 1. The molecule has 94 valence electrons. The fraction of sp³-hybridized carbons (Fsp3) is 0.909. The van der Waals surface area contributed by atoms with Crippen molar-refractivity contribution in [3.8, 4) is 0 Å². The first-order valence-corrected chi connectivity index (χ1v) is 7.43. The summed E-state index contributed by atoms with van der Waals surface area (Å²) in [5.74, 6) is 0. The van der Waals surface area contributed by atoms with Crippen LogP contribution >= 0.6 is 0 Å². The molecule has 1 saturated heterocycles. The van der Waals surface area contributed by atoms with E-state index in [1.54, 1.807) is 4.90 Å². The van der Waals surface area contributed by atoms with Crippen molar-refractivity contribution in [2.24, 2.45) is 0 Å². The number of nitrogens with zero attached hydrogens (tertiary/aromatic N) is 1. The highest BCUT2D eigenvalue weighted by Crippen LogP contribution is 2.16. The first kappa shape index (κ1) is 13.5.